The summed E-state index contributed by atoms with van der Waals surface area (Å²) in [6.07, 6.45) is 2.66. The highest BCUT2D eigenvalue weighted by molar-refractivity contribution is 4.98. The lowest BCUT2D eigenvalue weighted by molar-refractivity contribution is 0.369. The highest BCUT2D eigenvalue weighted by Crippen LogP contribution is 2.07. The summed E-state index contributed by atoms with van der Waals surface area (Å²) < 4.78 is 5.25. The average Bonchev–Trinajstić information content (AvgIpc) is 2.70. The highest BCUT2D eigenvalue weighted by atomic mass is 16.3. The summed E-state index contributed by atoms with van der Waals surface area (Å²) >= 11 is 0. The Balaban J connectivity index is 2.10. The summed E-state index contributed by atoms with van der Waals surface area (Å²) in [5, 5.41) is 3.42. The first kappa shape index (κ1) is 12.3. The molecule has 1 aromatic heterocycles. The zero-order valence-electron chi connectivity index (χ0n) is 9.70. The maximum Gasteiger partial charge on any atom is 0.105 e. The van der Waals surface area contributed by atoms with Gasteiger partial charge in [-0.3, -0.25) is 0 Å². The van der Waals surface area contributed by atoms with Crippen LogP contribution in [0.15, 0.2) is 22.8 Å². The number of furan rings is 1. The largest absolute Gasteiger partial charge is 0.469 e. The topological polar surface area (TPSA) is 51.2 Å². The maximum atomic E-state index is 5.69. The molecule has 1 heterocycles. The van der Waals surface area contributed by atoms with Gasteiger partial charge in [0.25, 0.3) is 0 Å². The molecule has 0 saturated heterocycles. The van der Waals surface area contributed by atoms with E-state index in [-0.39, 0.29) is 0 Å². The van der Waals surface area contributed by atoms with Crippen molar-refractivity contribution in [2.75, 3.05) is 19.6 Å². The Morgan fingerprint density at radius 2 is 2.27 bits per heavy atom. The van der Waals surface area contributed by atoms with Crippen molar-refractivity contribution in [1.29, 1.82) is 0 Å². The summed E-state index contributed by atoms with van der Waals surface area (Å²) in [6, 6.07) is 3.93. The van der Waals surface area contributed by atoms with Crippen LogP contribution in [0.5, 0.6) is 0 Å². The molecule has 0 fully saturated rings. The Bertz CT molecular complexity index is 244. The van der Waals surface area contributed by atoms with Gasteiger partial charge in [-0.1, -0.05) is 13.8 Å². The summed E-state index contributed by atoms with van der Waals surface area (Å²) in [7, 11) is 0. The van der Waals surface area contributed by atoms with Crippen molar-refractivity contribution in [3.8, 4) is 0 Å². The van der Waals surface area contributed by atoms with Gasteiger partial charge in [0, 0.05) is 13.0 Å². The van der Waals surface area contributed by atoms with E-state index in [2.05, 4.69) is 19.2 Å². The van der Waals surface area contributed by atoms with E-state index in [1.165, 1.54) is 0 Å². The van der Waals surface area contributed by atoms with Crippen molar-refractivity contribution in [2.45, 2.75) is 20.3 Å². The van der Waals surface area contributed by atoms with Gasteiger partial charge >= 0.3 is 0 Å². The van der Waals surface area contributed by atoms with Crippen LogP contribution < -0.4 is 11.1 Å². The number of hydrogen-bond donors (Lipinski definition) is 2. The second-order valence-corrected chi connectivity index (χ2v) is 4.27. The molecule has 1 aromatic rings. The third kappa shape index (κ3) is 4.49. The molecule has 15 heavy (non-hydrogen) atoms. The molecule has 3 heteroatoms. The predicted molar refractivity (Wildman–Crippen MR) is 62.7 cm³/mol. The third-order valence-corrected chi connectivity index (χ3v) is 2.78. The van der Waals surface area contributed by atoms with Crippen LogP contribution in [0.4, 0.5) is 0 Å². The molecule has 0 spiro atoms. The first-order chi connectivity index (χ1) is 7.24. The molecular formula is C12H22N2O. The zero-order chi connectivity index (χ0) is 11.1. The fourth-order valence-corrected chi connectivity index (χ4v) is 1.55. The molecular weight excluding hydrogens is 188 g/mol. The van der Waals surface area contributed by atoms with Crippen molar-refractivity contribution >= 4 is 0 Å². The van der Waals surface area contributed by atoms with E-state index >= 15 is 0 Å². The monoisotopic (exact) mass is 210 g/mol. The number of hydrogen-bond acceptors (Lipinski definition) is 3. The van der Waals surface area contributed by atoms with Crippen molar-refractivity contribution in [3.63, 3.8) is 0 Å². The fraction of sp³-hybridized carbons (Fsp3) is 0.667. The van der Waals surface area contributed by atoms with E-state index in [9.17, 15) is 0 Å². The normalized spacial score (nSPS) is 13.3. The minimum absolute atomic E-state index is 0.571. The van der Waals surface area contributed by atoms with Crippen molar-refractivity contribution < 1.29 is 4.42 Å². The average molecular weight is 210 g/mol. The molecule has 1 unspecified atom stereocenters. The lowest BCUT2D eigenvalue weighted by Crippen LogP contribution is -2.32. The highest BCUT2D eigenvalue weighted by Gasteiger charge is 2.10. The molecule has 0 aliphatic heterocycles. The summed E-state index contributed by atoms with van der Waals surface area (Å²) in [5.74, 6) is 2.25. The van der Waals surface area contributed by atoms with E-state index in [1.54, 1.807) is 6.26 Å². The Morgan fingerprint density at radius 1 is 1.47 bits per heavy atom. The van der Waals surface area contributed by atoms with Crippen molar-refractivity contribution in [1.82, 2.24) is 5.32 Å². The maximum absolute atomic E-state index is 5.69. The third-order valence-electron chi connectivity index (χ3n) is 2.78. The molecule has 3 N–H and O–H groups in total. The van der Waals surface area contributed by atoms with Crippen LogP contribution in [0.1, 0.15) is 19.6 Å². The summed E-state index contributed by atoms with van der Waals surface area (Å²) in [5.41, 5.74) is 5.69. The van der Waals surface area contributed by atoms with Crippen LogP contribution in [-0.2, 0) is 6.42 Å². The van der Waals surface area contributed by atoms with Gasteiger partial charge in [-0.05, 0) is 37.1 Å². The van der Waals surface area contributed by atoms with Gasteiger partial charge in [-0.2, -0.15) is 0 Å². The minimum atomic E-state index is 0.571. The first-order valence-corrected chi connectivity index (χ1v) is 5.67. The molecule has 1 rings (SSSR count). The summed E-state index contributed by atoms with van der Waals surface area (Å²) in [6.45, 7) is 7.13. The Morgan fingerprint density at radius 3 is 2.80 bits per heavy atom. The van der Waals surface area contributed by atoms with Crippen LogP contribution in [0, 0.1) is 11.8 Å². The van der Waals surface area contributed by atoms with Gasteiger partial charge in [0.1, 0.15) is 5.76 Å². The SMILES string of the molecule is CC(C)C(CN)CNCCc1ccco1. The molecule has 0 bridgehead atoms. The fourth-order valence-electron chi connectivity index (χ4n) is 1.55. The van der Waals surface area contributed by atoms with Crippen molar-refractivity contribution in [2.24, 2.45) is 17.6 Å². The van der Waals surface area contributed by atoms with Crippen molar-refractivity contribution in [3.05, 3.63) is 24.2 Å². The van der Waals surface area contributed by atoms with E-state index < -0.39 is 0 Å². The predicted octanol–water partition coefficient (Wildman–Crippen LogP) is 1.64. The zero-order valence-corrected chi connectivity index (χ0v) is 9.70. The molecule has 0 radical (unpaired) electrons. The number of nitrogens with one attached hydrogen (secondary N) is 1. The minimum Gasteiger partial charge on any atom is -0.469 e. The Labute approximate surface area is 92.0 Å². The van der Waals surface area contributed by atoms with Crippen LogP contribution in [-0.4, -0.2) is 19.6 Å². The van der Waals surface area contributed by atoms with Gasteiger partial charge in [0.15, 0.2) is 0 Å². The molecule has 1 atom stereocenters. The van der Waals surface area contributed by atoms with Crippen LogP contribution in [0.2, 0.25) is 0 Å². The van der Waals surface area contributed by atoms with Gasteiger partial charge < -0.3 is 15.5 Å². The standard InChI is InChI=1S/C12H22N2O/c1-10(2)11(8-13)9-14-6-5-12-4-3-7-15-12/h3-4,7,10-11,14H,5-6,8-9,13H2,1-2H3. The number of nitrogens with two attached hydrogens (primary N) is 1. The smallest absolute Gasteiger partial charge is 0.105 e. The molecule has 0 saturated carbocycles. The quantitative estimate of drug-likeness (QED) is 0.673. The van der Waals surface area contributed by atoms with Gasteiger partial charge in [-0.25, -0.2) is 0 Å². The Hall–Kier alpha value is -0.800. The number of rotatable bonds is 7. The molecule has 0 amide bonds. The molecule has 0 aliphatic rings. The van der Waals surface area contributed by atoms with Crippen LogP contribution in [0.3, 0.4) is 0 Å². The second-order valence-electron chi connectivity index (χ2n) is 4.27. The van der Waals surface area contributed by atoms with Crippen LogP contribution >= 0.6 is 0 Å². The van der Waals surface area contributed by atoms with E-state index in [0.29, 0.717) is 11.8 Å². The first-order valence-electron chi connectivity index (χ1n) is 5.67. The van der Waals surface area contributed by atoms with E-state index in [0.717, 1.165) is 31.8 Å². The van der Waals surface area contributed by atoms with Gasteiger partial charge in [0.2, 0.25) is 0 Å². The van der Waals surface area contributed by atoms with Gasteiger partial charge in [0.05, 0.1) is 6.26 Å². The summed E-state index contributed by atoms with van der Waals surface area (Å²) in [4.78, 5) is 0. The molecule has 3 nitrogen and oxygen atoms in total. The van der Waals surface area contributed by atoms with Gasteiger partial charge in [-0.15, -0.1) is 0 Å². The van der Waals surface area contributed by atoms with Crippen LogP contribution in [0.25, 0.3) is 0 Å². The van der Waals surface area contributed by atoms with E-state index in [4.69, 9.17) is 10.2 Å². The lowest BCUT2D eigenvalue weighted by atomic mass is 9.96. The lowest BCUT2D eigenvalue weighted by Gasteiger charge is -2.18. The molecule has 0 aliphatic carbocycles. The molecule has 0 aromatic carbocycles. The second kappa shape index (κ2) is 6.64. The molecule has 86 valence electrons. The Kier molecular flexibility index (Phi) is 5.43. The van der Waals surface area contributed by atoms with E-state index in [1.807, 2.05) is 12.1 Å².